The summed E-state index contributed by atoms with van der Waals surface area (Å²) in [7, 11) is 0. The fourth-order valence-corrected chi connectivity index (χ4v) is 1.86. The molecule has 122 valence electrons. The van der Waals surface area contributed by atoms with Crippen LogP contribution in [0.25, 0.3) is 0 Å². The quantitative estimate of drug-likeness (QED) is 0.852. The lowest BCUT2D eigenvalue weighted by atomic mass is 10.2. The van der Waals surface area contributed by atoms with Gasteiger partial charge in [-0.05, 0) is 48.9 Å². The lowest BCUT2D eigenvalue weighted by Gasteiger charge is -2.09. The molecule has 0 aliphatic rings. The molecule has 0 bridgehead atoms. The van der Waals surface area contributed by atoms with Gasteiger partial charge in [0.15, 0.2) is 18.2 Å². The number of ether oxygens (including phenoxy) is 2. The number of rotatable bonds is 7. The van der Waals surface area contributed by atoms with E-state index in [-0.39, 0.29) is 30.6 Å². The maximum atomic E-state index is 13.7. The highest BCUT2D eigenvalue weighted by Gasteiger charge is 2.06. The van der Waals surface area contributed by atoms with Gasteiger partial charge in [0.1, 0.15) is 11.6 Å². The Kier molecular flexibility index (Phi) is 5.91. The van der Waals surface area contributed by atoms with Crippen LogP contribution >= 0.6 is 0 Å². The number of nitrogens with one attached hydrogen (secondary N) is 1. The van der Waals surface area contributed by atoms with Gasteiger partial charge in [-0.25, -0.2) is 8.78 Å². The zero-order chi connectivity index (χ0) is 16.7. The minimum atomic E-state index is -0.471. The summed E-state index contributed by atoms with van der Waals surface area (Å²) < 4.78 is 36.7. The van der Waals surface area contributed by atoms with E-state index in [1.165, 1.54) is 36.4 Å². The Labute approximate surface area is 133 Å². The normalized spacial score (nSPS) is 10.2. The lowest BCUT2D eigenvalue weighted by Crippen LogP contribution is -2.28. The van der Waals surface area contributed by atoms with Crippen LogP contribution in [0.4, 0.5) is 8.78 Å². The second-order valence-corrected chi connectivity index (χ2v) is 4.72. The summed E-state index contributed by atoms with van der Waals surface area (Å²) in [4.78, 5) is 11.7. The molecule has 0 atom stereocenters. The maximum Gasteiger partial charge on any atom is 0.258 e. The molecule has 0 aliphatic carbocycles. The Morgan fingerprint density at radius 2 is 1.83 bits per heavy atom. The highest BCUT2D eigenvalue weighted by Crippen LogP contribution is 2.18. The largest absolute Gasteiger partial charge is 0.491 e. The van der Waals surface area contributed by atoms with Gasteiger partial charge >= 0.3 is 0 Å². The molecule has 0 aliphatic heterocycles. The first-order valence-electron chi connectivity index (χ1n) is 7.14. The predicted octanol–water partition coefficient (Wildman–Crippen LogP) is 3.06. The number of carbonyl (C=O) groups is 1. The van der Waals surface area contributed by atoms with Gasteiger partial charge in [-0.1, -0.05) is 6.07 Å². The average Bonchev–Trinajstić information content (AvgIpc) is 2.55. The Morgan fingerprint density at radius 1 is 1.09 bits per heavy atom. The minimum absolute atomic E-state index is 0.176. The monoisotopic (exact) mass is 321 g/mol. The van der Waals surface area contributed by atoms with Crippen LogP contribution in [-0.4, -0.2) is 19.1 Å². The number of hydrogen-bond acceptors (Lipinski definition) is 3. The molecule has 0 saturated heterocycles. The van der Waals surface area contributed by atoms with Crippen LogP contribution < -0.4 is 14.8 Å². The first-order valence-corrected chi connectivity index (χ1v) is 7.14. The van der Waals surface area contributed by atoms with Gasteiger partial charge in [-0.2, -0.15) is 0 Å². The van der Waals surface area contributed by atoms with E-state index >= 15 is 0 Å². The zero-order valence-corrected chi connectivity index (χ0v) is 12.6. The van der Waals surface area contributed by atoms with Crippen LogP contribution in [0.5, 0.6) is 11.5 Å². The summed E-state index contributed by atoms with van der Waals surface area (Å²) in [6.45, 7) is 2.13. The second-order valence-electron chi connectivity index (χ2n) is 4.72. The van der Waals surface area contributed by atoms with E-state index in [1.54, 1.807) is 13.0 Å². The molecule has 2 rings (SSSR count). The minimum Gasteiger partial charge on any atom is -0.491 e. The van der Waals surface area contributed by atoms with Crippen molar-refractivity contribution in [1.82, 2.24) is 5.32 Å². The van der Waals surface area contributed by atoms with Crippen molar-refractivity contribution in [1.29, 1.82) is 0 Å². The summed E-state index contributed by atoms with van der Waals surface area (Å²) in [6.07, 6.45) is 0. The molecule has 0 fully saturated rings. The van der Waals surface area contributed by atoms with Gasteiger partial charge in [-0.3, -0.25) is 4.79 Å². The molecule has 1 amide bonds. The van der Waals surface area contributed by atoms with E-state index in [2.05, 4.69) is 5.32 Å². The summed E-state index contributed by atoms with van der Waals surface area (Å²) in [5, 5.41) is 2.61. The lowest BCUT2D eigenvalue weighted by molar-refractivity contribution is -0.123. The van der Waals surface area contributed by atoms with Gasteiger partial charge in [0.2, 0.25) is 0 Å². The maximum absolute atomic E-state index is 13.7. The smallest absolute Gasteiger partial charge is 0.258 e. The van der Waals surface area contributed by atoms with Gasteiger partial charge in [0.05, 0.1) is 6.61 Å². The number of amides is 1. The van der Waals surface area contributed by atoms with Crippen molar-refractivity contribution < 1.29 is 23.0 Å². The van der Waals surface area contributed by atoms with Crippen LogP contribution in [0.1, 0.15) is 12.5 Å². The predicted molar refractivity (Wildman–Crippen MR) is 81.3 cm³/mol. The second kappa shape index (κ2) is 8.12. The molecule has 23 heavy (non-hydrogen) atoms. The Bertz CT molecular complexity index is 659. The third-order valence-corrected chi connectivity index (χ3v) is 2.97. The van der Waals surface area contributed by atoms with E-state index in [1.807, 2.05) is 0 Å². The molecular weight excluding hydrogens is 304 g/mol. The van der Waals surface area contributed by atoms with Crippen LogP contribution in [-0.2, 0) is 11.3 Å². The van der Waals surface area contributed by atoms with Crippen molar-refractivity contribution in [2.24, 2.45) is 0 Å². The molecule has 4 nitrogen and oxygen atoms in total. The average molecular weight is 321 g/mol. The van der Waals surface area contributed by atoms with Crippen molar-refractivity contribution in [3.63, 3.8) is 0 Å². The number of halogens is 2. The molecular formula is C17H17F2NO3. The molecule has 0 saturated carbocycles. The Balaban J connectivity index is 1.80. The third kappa shape index (κ3) is 5.25. The van der Waals surface area contributed by atoms with Gasteiger partial charge in [0, 0.05) is 6.54 Å². The summed E-state index contributed by atoms with van der Waals surface area (Å²) in [6, 6.07) is 9.87. The van der Waals surface area contributed by atoms with Crippen molar-refractivity contribution in [3.05, 3.63) is 59.7 Å². The molecule has 1 N–H and O–H groups in total. The van der Waals surface area contributed by atoms with Crippen LogP contribution in [0.15, 0.2) is 42.5 Å². The van der Waals surface area contributed by atoms with Crippen LogP contribution in [0.3, 0.4) is 0 Å². The first-order chi connectivity index (χ1) is 11.1. The topological polar surface area (TPSA) is 47.6 Å². The first kappa shape index (κ1) is 16.7. The Hall–Kier alpha value is -2.63. The van der Waals surface area contributed by atoms with Gasteiger partial charge < -0.3 is 14.8 Å². The fourth-order valence-electron chi connectivity index (χ4n) is 1.86. The molecule has 0 aromatic heterocycles. The standard InChI is InChI=1S/C17H17F2NO3/c1-2-22-16-8-3-12(9-15(16)19)10-20-17(21)11-23-14-6-4-13(18)5-7-14/h3-9H,2,10-11H2,1H3,(H,20,21). The van der Waals surface area contributed by atoms with E-state index in [0.717, 1.165) is 0 Å². The highest BCUT2D eigenvalue weighted by atomic mass is 19.1. The van der Waals surface area contributed by atoms with Gasteiger partial charge in [-0.15, -0.1) is 0 Å². The molecule has 0 radical (unpaired) electrons. The van der Waals surface area contributed by atoms with Crippen LogP contribution in [0.2, 0.25) is 0 Å². The molecule has 6 heteroatoms. The SMILES string of the molecule is CCOc1ccc(CNC(=O)COc2ccc(F)cc2)cc1F. The summed E-state index contributed by atoms with van der Waals surface area (Å²) in [5.41, 5.74) is 0.612. The third-order valence-electron chi connectivity index (χ3n) is 2.97. The summed E-state index contributed by atoms with van der Waals surface area (Å²) in [5.74, 6) is -0.625. The molecule has 0 heterocycles. The van der Waals surface area contributed by atoms with E-state index in [0.29, 0.717) is 17.9 Å². The van der Waals surface area contributed by atoms with Crippen molar-refractivity contribution >= 4 is 5.91 Å². The molecule has 0 spiro atoms. The van der Waals surface area contributed by atoms with E-state index < -0.39 is 5.82 Å². The zero-order valence-electron chi connectivity index (χ0n) is 12.6. The van der Waals surface area contributed by atoms with Crippen molar-refractivity contribution in [2.75, 3.05) is 13.2 Å². The molecule has 2 aromatic rings. The van der Waals surface area contributed by atoms with Crippen molar-refractivity contribution in [2.45, 2.75) is 13.5 Å². The van der Waals surface area contributed by atoms with E-state index in [9.17, 15) is 13.6 Å². The number of carbonyl (C=O) groups excluding carboxylic acids is 1. The highest BCUT2D eigenvalue weighted by molar-refractivity contribution is 5.77. The number of benzene rings is 2. The fraction of sp³-hybridized carbons (Fsp3) is 0.235. The summed E-state index contributed by atoms with van der Waals surface area (Å²) >= 11 is 0. The van der Waals surface area contributed by atoms with E-state index in [4.69, 9.17) is 9.47 Å². The number of hydrogen-bond donors (Lipinski definition) is 1. The van der Waals surface area contributed by atoms with Gasteiger partial charge in [0.25, 0.3) is 5.91 Å². The van der Waals surface area contributed by atoms with Crippen molar-refractivity contribution in [3.8, 4) is 11.5 Å². The molecule has 2 aromatic carbocycles. The van der Waals surface area contributed by atoms with Crippen LogP contribution in [0, 0.1) is 11.6 Å². The molecule has 0 unspecified atom stereocenters. The Morgan fingerprint density at radius 3 is 2.48 bits per heavy atom.